The van der Waals surface area contributed by atoms with Gasteiger partial charge in [0.05, 0.1) is 5.57 Å². The highest BCUT2D eigenvalue weighted by atomic mass is 35.5. The van der Waals surface area contributed by atoms with Crippen LogP contribution in [0.1, 0.15) is 46.5 Å². The second-order valence-electron chi connectivity index (χ2n) is 8.21. The highest BCUT2D eigenvalue weighted by Gasteiger charge is 2.33. The van der Waals surface area contributed by atoms with Gasteiger partial charge in [-0.25, -0.2) is 4.79 Å². The molecule has 0 aromatic heterocycles. The molecule has 0 radical (unpaired) electrons. The molecule has 3 unspecified atom stereocenters. The number of carbonyl (C=O) groups excluding carboxylic acids is 2. The Kier molecular flexibility index (Phi) is 13.3. The molecule has 2 aliphatic rings. The number of nitrogens with one attached hydrogen (secondary N) is 1. The monoisotopic (exact) mass is 525 g/mol. The zero-order valence-corrected chi connectivity index (χ0v) is 21.9. The van der Waals surface area contributed by atoms with Gasteiger partial charge in [0.15, 0.2) is 13.6 Å². The number of hydrogen-bond acceptors (Lipinski definition) is 9. The number of fused-ring (bicyclic) bond motifs is 1. The predicted octanol–water partition coefficient (Wildman–Crippen LogP) is 4.56. The molecule has 0 amide bonds. The molecule has 200 valence electrons. The first-order valence-corrected chi connectivity index (χ1v) is 12.6. The summed E-state index contributed by atoms with van der Waals surface area (Å²) in [5.74, 6) is -0.827. The maximum absolute atomic E-state index is 13.3. The molecule has 3 atom stereocenters. The van der Waals surface area contributed by atoms with Gasteiger partial charge in [-0.1, -0.05) is 12.2 Å². The fourth-order valence-corrected chi connectivity index (χ4v) is 3.70. The molecule has 0 fully saturated rings. The summed E-state index contributed by atoms with van der Waals surface area (Å²) >= 11 is 5.57. The summed E-state index contributed by atoms with van der Waals surface area (Å²) in [6, 6.07) is 0. The van der Waals surface area contributed by atoms with Gasteiger partial charge in [0, 0.05) is 50.2 Å². The van der Waals surface area contributed by atoms with Crippen molar-refractivity contribution in [2.24, 2.45) is 5.92 Å². The molecular weight excluding hydrogens is 490 g/mol. The van der Waals surface area contributed by atoms with E-state index in [1.165, 1.54) is 0 Å². The number of allylic oxidation sites excluding steroid dienone is 3. The van der Waals surface area contributed by atoms with E-state index in [4.69, 9.17) is 45.4 Å². The van der Waals surface area contributed by atoms with Crippen LogP contribution in [0.3, 0.4) is 0 Å². The second kappa shape index (κ2) is 16.2. The predicted molar refractivity (Wildman–Crippen MR) is 134 cm³/mol. The lowest BCUT2D eigenvalue weighted by molar-refractivity contribution is -0.144. The Morgan fingerprint density at radius 2 is 1.83 bits per heavy atom. The summed E-state index contributed by atoms with van der Waals surface area (Å²) in [6.07, 6.45) is 9.06. The Bertz CT molecular complexity index is 879. The van der Waals surface area contributed by atoms with Gasteiger partial charge in [-0.2, -0.15) is 0 Å². The van der Waals surface area contributed by atoms with E-state index in [1.807, 2.05) is 13.8 Å². The average molecular weight is 526 g/mol. The molecule has 0 aromatic carbocycles. The van der Waals surface area contributed by atoms with Gasteiger partial charge in [-0.3, -0.25) is 4.79 Å². The normalized spacial score (nSPS) is 23.3. The van der Waals surface area contributed by atoms with Crippen molar-refractivity contribution >= 4 is 29.3 Å². The van der Waals surface area contributed by atoms with Crippen molar-refractivity contribution in [2.45, 2.75) is 58.7 Å². The van der Waals surface area contributed by atoms with E-state index >= 15 is 0 Å². The van der Waals surface area contributed by atoms with Crippen molar-refractivity contribution in [1.82, 2.24) is 0 Å². The second-order valence-corrected chi connectivity index (χ2v) is 8.48. The van der Waals surface area contributed by atoms with Crippen LogP contribution in [0.2, 0.25) is 0 Å². The topological polar surface area (TPSA) is 113 Å². The number of cyclic esters (lactones) is 1. The van der Waals surface area contributed by atoms with Crippen LogP contribution in [0.25, 0.3) is 0 Å². The third kappa shape index (κ3) is 10.2. The van der Waals surface area contributed by atoms with Crippen LogP contribution in [0.4, 0.5) is 0 Å². The lowest BCUT2D eigenvalue weighted by Crippen LogP contribution is -2.27. The van der Waals surface area contributed by atoms with Gasteiger partial charge in [-0.05, 0) is 39.3 Å². The number of ether oxygens (including phenoxy) is 6. The molecule has 0 spiro atoms. The van der Waals surface area contributed by atoms with Crippen molar-refractivity contribution in [3.8, 4) is 0 Å². The van der Waals surface area contributed by atoms with E-state index in [2.05, 4.69) is 0 Å². The largest absolute Gasteiger partial charge is 0.472 e. The van der Waals surface area contributed by atoms with Crippen LogP contribution in [-0.2, 0) is 38.0 Å². The van der Waals surface area contributed by atoms with Crippen molar-refractivity contribution < 1.29 is 38.0 Å². The minimum atomic E-state index is -0.531. The van der Waals surface area contributed by atoms with Crippen molar-refractivity contribution in [2.75, 3.05) is 32.7 Å². The first-order chi connectivity index (χ1) is 17.4. The molecule has 0 aromatic rings. The van der Waals surface area contributed by atoms with E-state index in [1.54, 1.807) is 37.3 Å². The van der Waals surface area contributed by atoms with Crippen LogP contribution in [0.5, 0.6) is 0 Å². The SMILES string of the molecule is CCOCOC1=CC(OCOCC)=C2C(=O)OC(C)CC=CC(OC(=O)CCl)CC=CC(=N)CC2C1. The van der Waals surface area contributed by atoms with E-state index in [0.717, 1.165) is 0 Å². The fourth-order valence-electron chi connectivity index (χ4n) is 3.64. The Balaban J connectivity index is 2.36. The molecule has 1 heterocycles. The van der Waals surface area contributed by atoms with Crippen molar-refractivity contribution in [3.05, 3.63) is 47.5 Å². The number of hydrogen-bond donors (Lipinski definition) is 1. The third-order valence-electron chi connectivity index (χ3n) is 5.34. The maximum atomic E-state index is 13.3. The van der Waals surface area contributed by atoms with Crippen LogP contribution < -0.4 is 0 Å². The number of esters is 2. The van der Waals surface area contributed by atoms with Crippen LogP contribution >= 0.6 is 11.6 Å². The summed E-state index contributed by atoms with van der Waals surface area (Å²) in [5, 5.41) is 8.50. The summed E-state index contributed by atoms with van der Waals surface area (Å²) in [5.41, 5.74) is 0.635. The molecule has 0 saturated heterocycles. The number of carbonyl (C=O) groups is 2. The van der Waals surface area contributed by atoms with Gasteiger partial charge in [-0.15, -0.1) is 11.6 Å². The quantitative estimate of drug-likeness (QED) is 0.145. The summed E-state index contributed by atoms with van der Waals surface area (Å²) in [6.45, 7) is 6.47. The Morgan fingerprint density at radius 1 is 1.11 bits per heavy atom. The highest BCUT2D eigenvalue weighted by molar-refractivity contribution is 6.26. The zero-order chi connectivity index (χ0) is 26.3. The number of halogens is 1. The van der Waals surface area contributed by atoms with Gasteiger partial charge in [0.25, 0.3) is 0 Å². The fraction of sp³-hybridized carbons (Fsp3) is 0.577. The van der Waals surface area contributed by atoms with E-state index in [0.29, 0.717) is 49.6 Å². The van der Waals surface area contributed by atoms with Crippen molar-refractivity contribution in [3.63, 3.8) is 0 Å². The molecule has 1 N–H and O–H groups in total. The Labute approximate surface area is 217 Å². The van der Waals surface area contributed by atoms with Crippen LogP contribution in [0, 0.1) is 11.3 Å². The van der Waals surface area contributed by atoms with E-state index < -0.39 is 30.1 Å². The average Bonchev–Trinajstić information content (AvgIpc) is 2.83. The molecule has 9 nitrogen and oxygen atoms in total. The van der Waals surface area contributed by atoms with Gasteiger partial charge >= 0.3 is 11.9 Å². The standard InChI is InChI=1S/C26H36ClNO8/c1-4-31-16-33-22-13-19-12-20(28)9-7-11-21(36-24(29)15-27)10-6-8-18(3)35-26(30)25(19)23(14-22)34-17-32-5-2/h6-7,9-10,14,18-19,21,28H,4-5,8,11-13,15-17H2,1-3H3. The number of alkyl halides is 1. The van der Waals surface area contributed by atoms with Crippen molar-refractivity contribution in [1.29, 1.82) is 5.41 Å². The maximum Gasteiger partial charge on any atom is 0.338 e. The van der Waals surface area contributed by atoms with Gasteiger partial charge < -0.3 is 33.8 Å². The minimum absolute atomic E-state index is 0.0391. The minimum Gasteiger partial charge on any atom is -0.472 e. The highest BCUT2D eigenvalue weighted by Crippen LogP contribution is 2.35. The molecule has 0 bridgehead atoms. The molecule has 1 aliphatic heterocycles. The molecule has 2 rings (SSSR count). The third-order valence-corrected chi connectivity index (χ3v) is 5.56. The number of rotatable bonds is 10. The van der Waals surface area contributed by atoms with Crippen LogP contribution in [-0.4, -0.2) is 62.5 Å². The van der Waals surface area contributed by atoms with Gasteiger partial charge in [0.2, 0.25) is 0 Å². The van der Waals surface area contributed by atoms with E-state index in [9.17, 15) is 9.59 Å². The first-order valence-electron chi connectivity index (χ1n) is 12.1. The Morgan fingerprint density at radius 3 is 2.53 bits per heavy atom. The lowest BCUT2D eigenvalue weighted by atomic mass is 9.85. The van der Waals surface area contributed by atoms with Crippen LogP contribution in [0.15, 0.2) is 47.5 Å². The zero-order valence-electron chi connectivity index (χ0n) is 21.1. The summed E-state index contributed by atoms with van der Waals surface area (Å²) < 4.78 is 33.2. The summed E-state index contributed by atoms with van der Waals surface area (Å²) in [7, 11) is 0. The molecule has 10 heteroatoms. The molecule has 36 heavy (non-hydrogen) atoms. The molecular formula is C26H36ClNO8. The van der Waals surface area contributed by atoms with E-state index in [-0.39, 0.29) is 31.6 Å². The summed E-state index contributed by atoms with van der Waals surface area (Å²) in [4.78, 5) is 25.0. The van der Waals surface area contributed by atoms with Gasteiger partial charge in [0.1, 0.15) is 29.6 Å². The first kappa shape index (κ1) is 29.6. The Hall–Kier alpha value is -2.62. The molecule has 0 saturated carbocycles. The lowest BCUT2D eigenvalue weighted by Gasteiger charge is -2.28. The molecule has 1 aliphatic carbocycles. The smallest absolute Gasteiger partial charge is 0.338 e.